The van der Waals surface area contributed by atoms with Gasteiger partial charge in [0.05, 0.1) is 25.4 Å². The number of carbonyl (C=O) groups is 1. The van der Waals surface area contributed by atoms with Gasteiger partial charge in [0.15, 0.2) is 0 Å². The van der Waals surface area contributed by atoms with Crippen LogP contribution in [0.2, 0.25) is 0 Å². The van der Waals surface area contributed by atoms with Crippen molar-refractivity contribution in [3.8, 4) is 5.75 Å². The Morgan fingerprint density at radius 2 is 1.88 bits per heavy atom. The fourth-order valence-electron chi connectivity index (χ4n) is 5.26. The molecule has 1 saturated heterocycles. The van der Waals surface area contributed by atoms with Crippen LogP contribution in [0.15, 0.2) is 36.4 Å². The van der Waals surface area contributed by atoms with Gasteiger partial charge >= 0.3 is 0 Å². The van der Waals surface area contributed by atoms with Crippen molar-refractivity contribution in [2.45, 2.75) is 70.4 Å². The van der Waals surface area contributed by atoms with E-state index in [4.69, 9.17) is 14.5 Å². The maximum absolute atomic E-state index is 12.0. The lowest BCUT2D eigenvalue weighted by atomic mass is 9.84. The van der Waals surface area contributed by atoms with E-state index >= 15 is 0 Å². The molecule has 1 amide bonds. The van der Waals surface area contributed by atoms with Crippen molar-refractivity contribution in [3.05, 3.63) is 53.2 Å². The van der Waals surface area contributed by atoms with Gasteiger partial charge in [0, 0.05) is 30.1 Å². The molecule has 6 nitrogen and oxygen atoms in total. The first-order valence-electron chi connectivity index (χ1n) is 12.8. The SMILES string of the molecule is Cc1ccc(C2(C)CCC(Oc3ccc(C(C)NC(=O)C4CC4)cc3)C2)nc1N1CCOCC1. The zero-order chi connectivity index (χ0) is 23.7. The van der Waals surface area contributed by atoms with E-state index in [0.717, 1.165) is 75.5 Å². The molecule has 3 atom stereocenters. The molecule has 0 spiro atoms. The molecular formula is C28H37N3O3. The third-order valence-corrected chi connectivity index (χ3v) is 7.69. The lowest BCUT2D eigenvalue weighted by molar-refractivity contribution is -0.122. The molecule has 2 aromatic rings. The van der Waals surface area contributed by atoms with Gasteiger partial charge in [-0.05, 0) is 75.3 Å². The molecule has 3 aliphatic rings. The Morgan fingerprint density at radius 3 is 2.59 bits per heavy atom. The van der Waals surface area contributed by atoms with Crippen molar-refractivity contribution in [2.24, 2.45) is 5.92 Å². The first-order chi connectivity index (χ1) is 16.4. The predicted octanol–water partition coefficient (Wildman–Crippen LogP) is 4.70. The number of aromatic nitrogens is 1. The number of hydrogen-bond donors (Lipinski definition) is 1. The van der Waals surface area contributed by atoms with Gasteiger partial charge in [0.1, 0.15) is 11.6 Å². The Bertz CT molecular complexity index is 1010. The topological polar surface area (TPSA) is 63.7 Å². The van der Waals surface area contributed by atoms with Crippen LogP contribution in [0.25, 0.3) is 0 Å². The standard InChI is InChI=1S/C28H37N3O3/c1-19-4-11-25(30-26(19)31-14-16-33-17-15-31)28(3)13-12-24(18-28)34-23-9-7-21(8-10-23)20(2)29-27(32)22-5-6-22/h4,7-11,20,22,24H,5-6,12-18H2,1-3H3,(H,29,32). The highest BCUT2D eigenvalue weighted by Gasteiger charge is 2.39. The summed E-state index contributed by atoms with van der Waals surface area (Å²) in [7, 11) is 0. The second-order valence-corrected chi connectivity index (χ2v) is 10.6. The molecule has 182 valence electrons. The Labute approximate surface area is 203 Å². The molecule has 3 unspecified atom stereocenters. The largest absolute Gasteiger partial charge is 0.490 e. The summed E-state index contributed by atoms with van der Waals surface area (Å²) in [5, 5.41) is 3.11. The number of nitrogens with one attached hydrogen (secondary N) is 1. The number of benzene rings is 1. The molecule has 0 radical (unpaired) electrons. The summed E-state index contributed by atoms with van der Waals surface area (Å²) in [6.45, 7) is 9.85. The average Bonchev–Trinajstić information content (AvgIpc) is 3.63. The van der Waals surface area contributed by atoms with Crippen LogP contribution in [0, 0.1) is 12.8 Å². The number of anilines is 1. The van der Waals surface area contributed by atoms with Gasteiger partial charge in [0.25, 0.3) is 0 Å². The summed E-state index contributed by atoms with van der Waals surface area (Å²) in [6.07, 6.45) is 5.28. The number of morpholine rings is 1. The summed E-state index contributed by atoms with van der Waals surface area (Å²) in [4.78, 5) is 19.5. The van der Waals surface area contributed by atoms with Crippen LogP contribution in [0.4, 0.5) is 5.82 Å². The van der Waals surface area contributed by atoms with Crippen molar-refractivity contribution < 1.29 is 14.3 Å². The fraction of sp³-hybridized carbons (Fsp3) is 0.571. The molecule has 2 saturated carbocycles. The van der Waals surface area contributed by atoms with E-state index in [2.05, 4.69) is 48.3 Å². The zero-order valence-electron chi connectivity index (χ0n) is 20.7. The maximum Gasteiger partial charge on any atom is 0.223 e. The van der Waals surface area contributed by atoms with Crippen LogP contribution in [0.1, 0.15) is 68.8 Å². The molecule has 0 bridgehead atoms. The zero-order valence-corrected chi connectivity index (χ0v) is 20.7. The van der Waals surface area contributed by atoms with E-state index in [1.165, 1.54) is 11.3 Å². The quantitative estimate of drug-likeness (QED) is 0.645. The van der Waals surface area contributed by atoms with Gasteiger partial charge in [-0.3, -0.25) is 4.79 Å². The minimum atomic E-state index is 0.0148. The molecule has 1 aromatic heterocycles. The average molecular weight is 464 g/mol. The van der Waals surface area contributed by atoms with Crippen LogP contribution < -0.4 is 15.0 Å². The number of hydrogen-bond acceptors (Lipinski definition) is 5. The first kappa shape index (κ1) is 23.2. The Hall–Kier alpha value is -2.60. The summed E-state index contributed by atoms with van der Waals surface area (Å²) >= 11 is 0. The maximum atomic E-state index is 12.0. The van der Waals surface area contributed by atoms with Crippen LogP contribution in [0.3, 0.4) is 0 Å². The number of nitrogens with zero attached hydrogens (tertiary/aromatic N) is 2. The minimum absolute atomic E-state index is 0.0148. The summed E-state index contributed by atoms with van der Waals surface area (Å²) in [5.74, 6) is 2.41. The van der Waals surface area contributed by atoms with Crippen LogP contribution in [0.5, 0.6) is 5.75 Å². The number of carbonyl (C=O) groups excluding carboxylic acids is 1. The highest BCUT2D eigenvalue weighted by atomic mass is 16.5. The summed E-state index contributed by atoms with van der Waals surface area (Å²) in [6, 6.07) is 12.6. The number of aryl methyl sites for hydroxylation is 1. The van der Waals surface area contributed by atoms with E-state index < -0.39 is 0 Å². The normalized spacial score (nSPS) is 25.7. The van der Waals surface area contributed by atoms with Crippen molar-refractivity contribution in [1.82, 2.24) is 10.3 Å². The van der Waals surface area contributed by atoms with Crippen molar-refractivity contribution in [3.63, 3.8) is 0 Å². The predicted molar refractivity (Wildman–Crippen MR) is 133 cm³/mol. The number of pyridine rings is 1. The molecule has 1 N–H and O–H groups in total. The molecular weight excluding hydrogens is 426 g/mol. The van der Waals surface area contributed by atoms with E-state index in [-0.39, 0.29) is 29.4 Å². The lowest BCUT2D eigenvalue weighted by Crippen LogP contribution is -2.37. The van der Waals surface area contributed by atoms with E-state index in [0.29, 0.717) is 0 Å². The van der Waals surface area contributed by atoms with Crippen molar-refractivity contribution in [2.75, 3.05) is 31.2 Å². The number of ether oxygens (including phenoxy) is 2. The molecule has 2 aliphatic carbocycles. The smallest absolute Gasteiger partial charge is 0.223 e. The van der Waals surface area contributed by atoms with E-state index in [1.807, 2.05) is 19.1 Å². The molecule has 3 fully saturated rings. The second-order valence-electron chi connectivity index (χ2n) is 10.6. The molecule has 6 heteroatoms. The van der Waals surface area contributed by atoms with Gasteiger partial charge < -0.3 is 19.7 Å². The Balaban J connectivity index is 1.21. The molecule has 34 heavy (non-hydrogen) atoms. The molecule has 1 aliphatic heterocycles. The van der Waals surface area contributed by atoms with Gasteiger partial charge in [0.2, 0.25) is 5.91 Å². The second kappa shape index (κ2) is 9.57. The summed E-state index contributed by atoms with van der Waals surface area (Å²) < 4.78 is 11.9. The third kappa shape index (κ3) is 5.07. The molecule has 5 rings (SSSR count). The van der Waals surface area contributed by atoms with Crippen LogP contribution in [-0.2, 0) is 14.9 Å². The van der Waals surface area contributed by atoms with Gasteiger partial charge in [-0.2, -0.15) is 0 Å². The Morgan fingerprint density at radius 1 is 1.15 bits per heavy atom. The highest BCUT2D eigenvalue weighted by Crippen LogP contribution is 2.42. The van der Waals surface area contributed by atoms with Gasteiger partial charge in [-0.25, -0.2) is 4.98 Å². The first-order valence-corrected chi connectivity index (χ1v) is 12.8. The van der Waals surface area contributed by atoms with Gasteiger partial charge in [-0.15, -0.1) is 0 Å². The van der Waals surface area contributed by atoms with Crippen molar-refractivity contribution >= 4 is 11.7 Å². The van der Waals surface area contributed by atoms with Crippen LogP contribution >= 0.6 is 0 Å². The molecule has 1 aromatic carbocycles. The van der Waals surface area contributed by atoms with Gasteiger partial charge in [-0.1, -0.05) is 25.1 Å². The lowest BCUT2D eigenvalue weighted by Gasteiger charge is -2.31. The van der Waals surface area contributed by atoms with Crippen molar-refractivity contribution in [1.29, 1.82) is 0 Å². The fourth-order valence-corrected chi connectivity index (χ4v) is 5.26. The number of amides is 1. The Kier molecular flexibility index (Phi) is 6.52. The minimum Gasteiger partial charge on any atom is -0.490 e. The third-order valence-electron chi connectivity index (χ3n) is 7.69. The van der Waals surface area contributed by atoms with Crippen LogP contribution in [-0.4, -0.2) is 43.3 Å². The number of rotatable bonds is 7. The van der Waals surface area contributed by atoms with E-state index in [9.17, 15) is 4.79 Å². The summed E-state index contributed by atoms with van der Waals surface area (Å²) in [5.41, 5.74) is 3.52. The molecule has 2 heterocycles. The monoisotopic (exact) mass is 463 g/mol. The van der Waals surface area contributed by atoms with E-state index in [1.54, 1.807) is 0 Å². The highest BCUT2D eigenvalue weighted by molar-refractivity contribution is 5.81.